The van der Waals surface area contributed by atoms with Crippen molar-refractivity contribution in [3.8, 4) is 0 Å². The number of nitrogens with one attached hydrogen (secondary N) is 2. The fraction of sp³-hybridized carbons (Fsp3) is 0.333. The molecule has 118 valence electrons. The standard InChI is InChI=1S/C18H20N4S/c1-10-6-8-11(9-7-10)16-14-15(19)12-4-2-3-5-13(12)20-17(14)22-18(23)21-16/h6-9,16H,2-5H2,1H3,(H4,19,20,21,22,23). The normalized spacial score (nSPS) is 19.3. The molecule has 0 radical (unpaired) electrons. The zero-order valence-electron chi connectivity index (χ0n) is 13.1. The van der Waals surface area contributed by atoms with Crippen LogP contribution in [0.15, 0.2) is 24.3 Å². The highest BCUT2D eigenvalue weighted by Crippen LogP contribution is 2.39. The number of hydrogen-bond acceptors (Lipinski definition) is 3. The lowest BCUT2D eigenvalue weighted by molar-refractivity contribution is 0.662. The molecule has 1 aromatic heterocycles. The summed E-state index contributed by atoms with van der Waals surface area (Å²) in [6, 6.07) is 8.44. The SMILES string of the molecule is Cc1ccc(C2NC(=S)Nc3nc4c(c(N)c32)CCCC4)cc1. The molecule has 4 nitrogen and oxygen atoms in total. The Hall–Kier alpha value is -2.14. The number of nitrogens with zero attached hydrogens (tertiary/aromatic N) is 1. The van der Waals surface area contributed by atoms with Crippen LogP contribution in [0.4, 0.5) is 11.5 Å². The largest absolute Gasteiger partial charge is 0.398 e. The maximum absolute atomic E-state index is 6.56. The van der Waals surface area contributed by atoms with Crippen molar-refractivity contribution in [3.63, 3.8) is 0 Å². The third-order valence-corrected chi connectivity index (χ3v) is 4.98. The van der Waals surface area contributed by atoms with Gasteiger partial charge in [-0.1, -0.05) is 29.8 Å². The molecule has 2 aromatic rings. The molecular weight excluding hydrogens is 304 g/mol. The molecule has 1 atom stereocenters. The van der Waals surface area contributed by atoms with Crippen LogP contribution in [-0.2, 0) is 12.8 Å². The van der Waals surface area contributed by atoms with E-state index in [1.54, 1.807) is 0 Å². The van der Waals surface area contributed by atoms with Crippen molar-refractivity contribution in [1.82, 2.24) is 10.3 Å². The molecule has 0 bridgehead atoms. The number of aryl methyl sites for hydroxylation is 2. The topological polar surface area (TPSA) is 63.0 Å². The van der Waals surface area contributed by atoms with Crippen LogP contribution in [0.2, 0.25) is 0 Å². The van der Waals surface area contributed by atoms with E-state index in [0.29, 0.717) is 5.11 Å². The molecule has 0 saturated heterocycles. The Balaban J connectivity index is 1.88. The van der Waals surface area contributed by atoms with Gasteiger partial charge in [-0.25, -0.2) is 4.98 Å². The Morgan fingerprint density at radius 1 is 1.17 bits per heavy atom. The minimum atomic E-state index is -0.0425. The fourth-order valence-electron chi connectivity index (χ4n) is 3.53. The molecule has 5 heteroatoms. The van der Waals surface area contributed by atoms with Gasteiger partial charge < -0.3 is 16.4 Å². The Kier molecular flexibility index (Phi) is 3.45. The number of nitrogens with two attached hydrogens (primary N) is 1. The van der Waals surface area contributed by atoms with E-state index in [4.69, 9.17) is 22.9 Å². The molecule has 2 heterocycles. The number of hydrogen-bond donors (Lipinski definition) is 3. The van der Waals surface area contributed by atoms with Crippen LogP contribution in [-0.4, -0.2) is 10.1 Å². The lowest BCUT2D eigenvalue weighted by Gasteiger charge is -2.32. The fourth-order valence-corrected chi connectivity index (χ4v) is 3.75. The van der Waals surface area contributed by atoms with E-state index in [1.165, 1.54) is 24.0 Å². The highest BCUT2D eigenvalue weighted by Gasteiger charge is 2.30. The van der Waals surface area contributed by atoms with E-state index in [-0.39, 0.29) is 6.04 Å². The summed E-state index contributed by atoms with van der Waals surface area (Å²) in [6.45, 7) is 2.09. The first kappa shape index (κ1) is 14.5. The number of aromatic nitrogens is 1. The first-order valence-electron chi connectivity index (χ1n) is 8.08. The van der Waals surface area contributed by atoms with Crippen molar-refractivity contribution < 1.29 is 0 Å². The molecule has 1 aliphatic heterocycles. The molecule has 2 aliphatic rings. The molecule has 23 heavy (non-hydrogen) atoms. The van der Waals surface area contributed by atoms with Gasteiger partial charge in [0.15, 0.2) is 5.11 Å². The second kappa shape index (κ2) is 5.49. The Labute approximate surface area is 141 Å². The highest BCUT2D eigenvalue weighted by atomic mass is 32.1. The third kappa shape index (κ3) is 2.45. The van der Waals surface area contributed by atoms with Crippen LogP contribution in [0, 0.1) is 6.92 Å². The summed E-state index contributed by atoms with van der Waals surface area (Å²) >= 11 is 5.38. The number of thiocarbonyl (C=S) groups is 1. The molecular formula is C18H20N4S. The molecule has 0 saturated carbocycles. The highest BCUT2D eigenvalue weighted by molar-refractivity contribution is 7.80. The Morgan fingerprint density at radius 2 is 1.91 bits per heavy atom. The summed E-state index contributed by atoms with van der Waals surface area (Å²) in [4.78, 5) is 4.84. The monoisotopic (exact) mass is 324 g/mol. The number of fused-ring (bicyclic) bond motifs is 2. The maximum Gasteiger partial charge on any atom is 0.172 e. The summed E-state index contributed by atoms with van der Waals surface area (Å²) in [7, 11) is 0. The molecule has 4 rings (SSSR count). The van der Waals surface area contributed by atoms with Gasteiger partial charge in [-0.2, -0.15) is 0 Å². The van der Waals surface area contributed by atoms with Crippen LogP contribution >= 0.6 is 12.2 Å². The lowest BCUT2D eigenvalue weighted by Crippen LogP contribution is -2.39. The average molecular weight is 324 g/mol. The van der Waals surface area contributed by atoms with E-state index >= 15 is 0 Å². The van der Waals surface area contributed by atoms with Crippen molar-refractivity contribution in [3.05, 3.63) is 52.2 Å². The van der Waals surface area contributed by atoms with Gasteiger partial charge in [-0.3, -0.25) is 0 Å². The van der Waals surface area contributed by atoms with Gasteiger partial charge in [0.25, 0.3) is 0 Å². The van der Waals surface area contributed by atoms with E-state index in [2.05, 4.69) is 41.8 Å². The summed E-state index contributed by atoms with van der Waals surface area (Å²) in [5.41, 5.74) is 13.2. The summed E-state index contributed by atoms with van der Waals surface area (Å²) in [5.74, 6) is 0.817. The molecule has 0 spiro atoms. The number of anilines is 2. The zero-order valence-corrected chi connectivity index (χ0v) is 14.0. The molecule has 4 N–H and O–H groups in total. The Morgan fingerprint density at radius 3 is 2.70 bits per heavy atom. The van der Waals surface area contributed by atoms with Gasteiger partial charge in [0.2, 0.25) is 0 Å². The van der Waals surface area contributed by atoms with Gasteiger partial charge in [0.1, 0.15) is 5.82 Å². The van der Waals surface area contributed by atoms with Gasteiger partial charge in [0.05, 0.1) is 6.04 Å². The summed E-state index contributed by atoms with van der Waals surface area (Å²) in [6.07, 6.45) is 4.39. The molecule has 0 amide bonds. The van der Waals surface area contributed by atoms with E-state index in [1.807, 2.05) is 0 Å². The van der Waals surface area contributed by atoms with Crippen molar-refractivity contribution in [2.75, 3.05) is 11.1 Å². The molecule has 1 aliphatic carbocycles. The summed E-state index contributed by atoms with van der Waals surface area (Å²) in [5, 5.41) is 7.15. The quantitative estimate of drug-likeness (QED) is 0.703. The smallest absolute Gasteiger partial charge is 0.172 e. The number of nitrogen functional groups attached to an aromatic ring is 1. The van der Waals surface area contributed by atoms with Crippen LogP contribution in [0.3, 0.4) is 0 Å². The van der Waals surface area contributed by atoms with Gasteiger partial charge in [0, 0.05) is 16.9 Å². The van der Waals surface area contributed by atoms with Gasteiger partial charge >= 0.3 is 0 Å². The van der Waals surface area contributed by atoms with E-state index in [0.717, 1.165) is 41.2 Å². The molecule has 1 unspecified atom stereocenters. The predicted octanol–water partition coefficient (Wildman–Crippen LogP) is 3.24. The maximum atomic E-state index is 6.56. The number of benzene rings is 1. The summed E-state index contributed by atoms with van der Waals surface area (Å²) < 4.78 is 0. The van der Waals surface area contributed by atoms with Gasteiger partial charge in [-0.15, -0.1) is 0 Å². The number of rotatable bonds is 1. The first-order valence-corrected chi connectivity index (χ1v) is 8.49. The van der Waals surface area contributed by atoms with Crippen LogP contribution < -0.4 is 16.4 Å². The average Bonchev–Trinajstić information content (AvgIpc) is 2.55. The van der Waals surface area contributed by atoms with Crippen molar-refractivity contribution in [2.45, 2.75) is 38.6 Å². The van der Waals surface area contributed by atoms with E-state index in [9.17, 15) is 0 Å². The van der Waals surface area contributed by atoms with Crippen LogP contribution in [0.25, 0.3) is 0 Å². The second-order valence-corrected chi connectivity index (χ2v) is 6.77. The first-order chi connectivity index (χ1) is 11.1. The minimum Gasteiger partial charge on any atom is -0.398 e. The van der Waals surface area contributed by atoms with E-state index < -0.39 is 0 Å². The van der Waals surface area contributed by atoms with Crippen LogP contribution in [0.5, 0.6) is 0 Å². The minimum absolute atomic E-state index is 0.0425. The molecule has 0 fully saturated rings. The predicted molar refractivity (Wildman–Crippen MR) is 97.7 cm³/mol. The van der Waals surface area contributed by atoms with Crippen molar-refractivity contribution >= 4 is 28.8 Å². The third-order valence-electron chi connectivity index (χ3n) is 4.76. The van der Waals surface area contributed by atoms with Crippen molar-refractivity contribution in [1.29, 1.82) is 0 Å². The lowest BCUT2D eigenvalue weighted by atomic mass is 9.88. The van der Waals surface area contributed by atoms with Crippen molar-refractivity contribution in [2.24, 2.45) is 0 Å². The Bertz CT molecular complexity index is 783. The number of pyridine rings is 1. The van der Waals surface area contributed by atoms with Crippen LogP contribution in [0.1, 0.15) is 46.8 Å². The van der Waals surface area contributed by atoms with Gasteiger partial charge in [-0.05, 0) is 56.0 Å². The second-order valence-electron chi connectivity index (χ2n) is 6.36. The zero-order chi connectivity index (χ0) is 16.0. The molecule has 1 aromatic carbocycles.